The Balaban J connectivity index is 1.44. The van der Waals surface area contributed by atoms with Gasteiger partial charge in [0.25, 0.3) is 11.8 Å². The Labute approximate surface area is 228 Å². The van der Waals surface area contributed by atoms with Gasteiger partial charge in [0.1, 0.15) is 12.5 Å². The summed E-state index contributed by atoms with van der Waals surface area (Å²) in [6, 6.07) is 20.0. The van der Waals surface area contributed by atoms with Gasteiger partial charge in [-0.3, -0.25) is 0 Å². The third kappa shape index (κ3) is 5.67. The Kier molecular flexibility index (Phi) is 8.36. The molecule has 0 saturated carbocycles. The maximum absolute atomic E-state index is 10.3. The predicted molar refractivity (Wildman–Crippen MR) is 149 cm³/mol. The minimum Gasteiger partial charge on any atom is -0.491 e. The zero-order chi connectivity index (χ0) is 27.2. The number of benzene rings is 2. The van der Waals surface area contributed by atoms with Crippen LogP contribution in [-0.4, -0.2) is 43.6 Å². The second-order valence-electron chi connectivity index (χ2n) is 10.0. The van der Waals surface area contributed by atoms with Crippen molar-refractivity contribution in [1.82, 2.24) is 15.2 Å². The van der Waals surface area contributed by atoms with Crippen LogP contribution in [0.25, 0.3) is 0 Å². The van der Waals surface area contributed by atoms with Gasteiger partial charge in [-0.25, -0.2) is 0 Å². The number of aromatic hydroxyl groups is 2. The number of hydrogen-bond donors (Lipinski definition) is 3. The Hall–Kier alpha value is -3.85. The summed E-state index contributed by atoms with van der Waals surface area (Å²) in [4.78, 5) is 2.01. The van der Waals surface area contributed by atoms with Crippen molar-refractivity contribution >= 4 is 17.3 Å². The van der Waals surface area contributed by atoms with Gasteiger partial charge < -0.3 is 29.9 Å². The molecule has 2 heterocycles. The van der Waals surface area contributed by atoms with E-state index < -0.39 is 10.8 Å². The molecule has 38 heavy (non-hydrogen) atoms. The Morgan fingerprint density at radius 2 is 1.18 bits per heavy atom. The number of nitrogens with zero attached hydrogens (tertiary/aromatic N) is 3. The van der Waals surface area contributed by atoms with Crippen LogP contribution in [0.5, 0.6) is 11.8 Å². The van der Waals surface area contributed by atoms with Crippen molar-refractivity contribution in [1.29, 1.82) is 0 Å². The molecule has 9 heteroatoms. The van der Waals surface area contributed by atoms with Crippen LogP contribution in [0.4, 0.5) is 0 Å². The monoisotopic (exact) mass is 534 g/mol. The fraction of sp³-hybridized carbons (Fsp3) is 0.345. The van der Waals surface area contributed by atoms with Crippen LogP contribution in [0.3, 0.4) is 0 Å². The van der Waals surface area contributed by atoms with Crippen molar-refractivity contribution in [3.8, 4) is 11.8 Å². The van der Waals surface area contributed by atoms with Gasteiger partial charge in [-0.15, -0.1) is 0 Å². The van der Waals surface area contributed by atoms with Crippen LogP contribution in [0.15, 0.2) is 82.2 Å². The van der Waals surface area contributed by atoms with E-state index in [0.29, 0.717) is 29.3 Å². The molecule has 2 unspecified atom stereocenters. The van der Waals surface area contributed by atoms with Gasteiger partial charge in [0.05, 0.1) is 11.1 Å². The first-order valence-corrected chi connectivity index (χ1v) is 13.1. The molecule has 8 nitrogen and oxygen atoms in total. The molecule has 0 aliphatic carbocycles. The predicted octanol–water partition coefficient (Wildman–Crippen LogP) is 5.49. The fourth-order valence-corrected chi connectivity index (χ4v) is 5.46. The van der Waals surface area contributed by atoms with E-state index >= 15 is 0 Å². The molecule has 2 atom stereocenters. The van der Waals surface area contributed by atoms with Gasteiger partial charge in [0, 0.05) is 23.9 Å². The van der Waals surface area contributed by atoms with Crippen molar-refractivity contribution in [3.63, 3.8) is 0 Å². The van der Waals surface area contributed by atoms with Crippen molar-refractivity contribution in [2.75, 3.05) is 13.1 Å². The van der Waals surface area contributed by atoms with Crippen LogP contribution in [-0.2, 0) is 10.8 Å². The molecule has 2 aromatic heterocycles. The average molecular weight is 535 g/mol. The lowest BCUT2D eigenvalue weighted by Crippen LogP contribution is -2.38. The zero-order valence-corrected chi connectivity index (χ0v) is 22.5. The van der Waals surface area contributed by atoms with Crippen LogP contribution >= 0.6 is 12.2 Å². The van der Waals surface area contributed by atoms with Gasteiger partial charge in [-0.05, 0) is 59.3 Å². The molecule has 0 radical (unpaired) electrons. The van der Waals surface area contributed by atoms with E-state index in [-0.39, 0.29) is 11.8 Å². The van der Waals surface area contributed by atoms with Crippen LogP contribution in [0.1, 0.15) is 61.8 Å². The van der Waals surface area contributed by atoms with E-state index in [4.69, 9.17) is 27.0 Å². The number of aromatic nitrogens is 2. The lowest BCUT2D eigenvalue weighted by atomic mass is 9.73. The molecule has 0 spiro atoms. The minimum atomic E-state index is -0.495. The molecule has 0 amide bonds. The largest absolute Gasteiger partial charge is 0.491 e. The lowest BCUT2D eigenvalue weighted by Gasteiger charge is -2.32. The molecule has 0 saturated heterocycles. The second-order valence-corrected chi connectivity index (χ2v) is 10.5. The molecule has 0 aliphatic heterocycles. The summed E-state index contributed by atoms with van der Waals surface area (Å²) in [5.41, 5.74) is 8.56. The van der Waals surface area contributed by atoms with Gasteiger partial charge >= 0.3 is 0 Å². The van der Waals surface area contributed by atoms with Crippen LogP contribution < -0.4 is 5.73 Å². The molecule has 4 N–H and O–H groups in total. The zero-order valence-electron chi connectivity index (χ0n) is 21.7. The minimum absolute atomic E-state index is 0.0975. The van der Waals surface area contributed by atoms with Crippen LogP contribution in [0.2, 0.25) is 0 Å². The highest BCUT2D eigenvalue weighted by molar-refractivity contribution is 7.80. The first-order chi connectivity index (χ1) is 18.3. The third-order valence-electron chi connectivity index (χ3n) is 7.63. The van der Waals surface area contributed by atoms with Gasteiger partial charge in [0.2, 0.25) is 0 Å². The third-order valence-corrected chi connectivity index (χ3v) is 7.89. The molecule has 200 valence electrons. The maximum Gasteiger partial charge on any atom is 0.255 e. The van der Waals surface area contributed by atoms with Crippen molar-refractivity contribution < 1.29 is 19.3 Å². The molecule has 0 aliphatic rings. The highest BCUT2D eigenvalue weighted by atomic mass is 32.1. The summed E-state index contributed by atoms with van der Waals surface area (Å²) in [5.74, 6) is -0.195. The second kappa shape index (κ2) is 11.7. The van der Waals surface area contributed by atoms with E-state index in [9.17, 15) is 10.2 Å². The van der Waals surface area contributed by atoms with Gasteiger partial charge in [-0.1, -0.05) is 74.5 Å². The smallest absolute Gasteiger partial charge is 0.255 e. The Morgan fingerprint density at radius 1 is 0.789 bits per heavy atom. The molecule has 2 aromatic carbocycles. The fourth-order valence-electron chi connectivity index (χ4n) is 5.28. The first-order valence-electron chi connectivity index (χ1n) is 12.7. The van der Waals surface area contributed by atoms with Gasteiger partial charge in [0.15, 0.2) is 5.11 Å². The topological polar surface area (TPSA) is 122 Å². The molecular weight excluding hydrogens is 500 g/mol. The Morgan fingerprint density at radius 3 is 1.50 bits per heavy atom. The molecular formula is C29H34N4O4S. The number of nitrogens with two attached hydrogens (primary N) is 1. The van der Waals surface area contributed by atoms with Crippen molar-refractivity contribution in [2.24, 2.45) is 5.73 Å². The highest BCUT2D eigenvalue weighted by Gasteiger charge is 2.35. The van der Waals surface area contributed by atoms with E-state index in [2.05, 4.69) is 24.2 Å². The van der Waals surface area contributed by atoms with Crippen molar-refractivity contribution in [2.45, 2.75) is 50.4 Å². The average Bonchev–Trinajstić information content (AvgIpc) is 3.57. The Bertz CT molecular complexity index is 1230. The number of hydrogen-bond acceptors (Lipinski definition) is 7. The highest BCUT2D eigenvalue weighted by Crippen LogP contribution is 2.41. The van der Waals surface area contributed by atoms with E-state index in [1.54, 1.807) is 0 Å². The standard InChI is InChI=1S/C29H34N4O4S/c1-28(21-11-5-3-6-12-21,23-19-36-31-25(23)34)15-9-17-33(27(30)38)18-10-16-29(2,22-13-7-4-8-14-22)24-20-37-32-26(24)35/h3-8,11-14,19-20H,9-10,15-18H2,1-2H3,(H2,30,38)(H,31,34)(H,32,35). The number of thiocarbonyl (C=S) groups is 1. The van der Waals surface area contributed by atoms with Gasteiger partial charge in [-0.2, -0.15) is 0 Å². The summed E-state index contributed by atoms with van der Waals surface area (Å²) in [5, 5.41) is 28.4. The van der Waals surface area contributed by atoms with Crippen molar-refractivity contribution in [3.05, 3.63) is 95.4 Å². The summed E-state index contributed by atoms with van der Waals surface area (Å²) in [7, 11) is 0. The SMILES string of the molecule is CC(CCCN(CCCC(C)(c1ccccc1)c1conc1O)C(N)=S)(c1ccccc1)c1conc1O. The summed E-state index contributed by atoms with van der Waals surface area (Å²) < 4.78 is 10.1. The quantitative estimate of drug-likeness (QED) is 0.202. The molecule has 4 aromatic rings. The molecule has 4 rings (SSSR count). The van der Waals surface area contributed by atoms with E-state index in [0.717, 1.165) is 36.8 Å². The lowest BCUT2D eigenvalue weighted by molar-refractivity contribution is 0.347. The normalized spacial score (nSPS) is 14.5. The molecule has 0 bridgehead atoms. The summed E-state index contributed by atoms with van der Waals surface area (Å²) >= 11 is 5.39. The summed E-state index contributed by atoms with van der Waals surface area (Å²) in [6.07, 6.45) is 6.02. The number of rotatable bonds is 12. The van der Waals surface area contributed by atoms with E-state index in [1.807, 2.05) is 65.6 Å². The van der Waals surface area contributed by atoms with E-state index in [1.165, 1.54) is 12.5 Å². The maximum atomic E-state index is 10.3. The molecule has 0 fully saturated rings. The van der Waals surface area contributed by atoms with Crippen LogP contribution in [0, 0.1) is 0 Å². The summed E-state index contributed by atoms with van der Waals surface area (Å²) in [6.45, 7) is 5.47. The first kappa shape index (κ1) is 27.2.